The number of likely N-dealkylation sites (N-methyl/N-ethyl adjacent to an activating group) is 1. The van der Waals surface area contributed by atoms with E-state index in [0.717, 1.165) is 31.0 Å². The third kappa shape index (κ3) is 4.31. The first-order valence-electron chi connectivity index (χ1n) is 7.33. The Labute approximate surface area is 122 Å². The van der Waals surface area contributed by atoms with Crippen LogP contribution in [-0.4, -0.2) is 40.5 Å². The Bertz CT molecular complexity index is 403. The molecule has 0 aliphatic rings. The highest BCUT2D eigenvalue weighted by Gasteiger charge is 2.16. The fourth-order valence-electron chi connectivity index (χ4n) is 2.32. The summed E-state index contributed by atoms with van der Waals surface area (Å²) in [7, 11) is 0. The predicted octanol–water partition coefficient (Wildman–Crippen LogP) is 2.03. The minimum absolute atomic E-state index is 0.297. The molecule has 114 valence electrons. The first-order chi connectivity index (χ1) is 9.53. The van der Waals surface area contributed by atoms with Crippen molar-refractivity contribution in [1.29, 1.82) is 0 Å². The van der Waals surface area contributed by atoms with Crippen LogP contribution in [0.25, 0.3) is 0 Å². The monoisotopic (exact) mass is 280 g/mol. The van der Waals surface area contributed by atoms with Crippen molar-refractivity contribution in [3.63, 3.8) is 0 Å². The maximum Gasteiger partial charge on any atom is 0.148 e. The van der Waals surface area contributed by atoms with Crippen molar-refractivity contribution in [1.82, 2.24) is 14.9 Å². The van der Waals surface area contributed by atoms with E-state index < -0.39 is 0 Å². The molecule has 6 heteroatoms. The van der Waals surface area contributed by atoms with Gasteiger partial charge < -0.3 is 15.6 Å². The summed E-state index contributed by atoms with van der Waals surface area (Å²) in [5, 5.41) is 3.48. The van der Waals surface area contributed by atoms with E-state index in [4.69, 9.17) is 5.84 Å². The fourth-order valence-corrected chi connectivity index (χ4v) is 2.32. The van der Waals surface area contributed by atoms with E-state index in [1.54, 1.807) is 0 Å². The first-order valence-corrected chi connectivity index (χ1v) is 7.33. The van der Waals surface area contributed by atoms with Crippen molar-refractivity contribution in [2.75, 3.05) is 30.4 Å². The second kappa shape index (κ2) is 8.01. The lowest BCUT2D eigenvalue weighted by molar-refractivity contribution is 0.294. The summed E-state index contributed by atoms with van der Waals surface area (Å²) in [6.07, 6.45) is 1.54. The van der Waals surface area contributed by atoms with Crippen LogP contribution in [0, 0.1) is 0 Å². The number of hydrogen-bond donors (Lipinski definition) is 3. The standard InChI is InChI=1S/C14H28N6/c1-6-20(7-2)8-11(5)18-13-12(10(3)4)14(19-15)17-9-16-13/h9-11H,6-8,15H2,1-5H3,(H2,16,17,18,19). The molecule has 4 N–H and O–H groups in total. The highest BCUT2D eigenvalue weighted by molar-refractivity contribution is 5.58. The van der Waals surface area contributed by atoms with E-state index in [0.29, 0.717) is 17.8 Å². The second-order valence-electron chi connectivity index (χ2n) is 5.31. The Kier molecular flexibility index (Phi) is 6.67. The largest absolute Gasteiger partial charge is 0.366 e. The Morgan fingerprint density at radius 3 is 2.25 bits per heavy atom. The smallest absolute Gasteiger partial charge is 0.148 e. The molecule has 1 unspecified atom stereocenters. The van der Waals surface area contributed by atoms with Gasteiger partial charge in [0.05, 0.1) is 0 Å². The van der Waals surface area contributed by atoms with Crippen LogP contribution >= 0.6 is 0 Å². The van der Waals surface area contributed by atoms with Crippen molar-refractivity contribution < 1.29 is 0 Å². The number of hydrazine groups is 1. The van der Waals surface area contributed by atoms with Crippen LogP contribution in [0.5, 0.6) is 0 Å². The maximum absolute atomic E-state index is 5.54. The van der Waals surface area contributed by atoms with Gasteiger partial charge in [0.1, 0.15) is 18.0 Å². The van der Waals surface area contributed by atoms with E-state index in [-0.39, 0.29) is 0 Å². The van der Waals surface area contributed by atoms with Crippen LogP contribution in [0.3, 0.4) is 0 Å². The molecular formula is C14H28N6. The van der Waals surface area contributed by atoms with Crippen molar-refractivity contribution >= 4 is 11.6 Å². The quantitative estimate of drug-likeness (QED) is 0.499. The van der Waals surface area contributed by atoms with Crippen LogP contribution < -0.4 is 16.6 Å². The molecule has 6 nitrogen and oxygen atoms in total. The van der Waals surface area contributed by atoms with E-state index in [1.165, 1.54) is 6.33 Å². The molecule has 0 aliphatic heterocycles. The molecule has 0 saturated carbocycles. The lowest BCUT2D eigenvalue weighted by atomic mass is 10.0. The van der Waals surface area contributed by atoms with Gasteiger partial charge in [-0.3, -0.25) is 0 Å². The molecule has 1 heterocycles. The molecule has 0 amide bonds. The van der Waals surface area contributed by atoms with Gasteiger partial charge in [0.25, 0.3) is 0 Å². The van der Waals surface area contributed by atoms with Crippen molar-refractivity contribution in [2.24, 2.45) is 5.84 Å². The topological polar surface area (TPSA) is 79.1 Å². The third-order valence-electron chi connectivity index (χ3n) is 3.41. The summed E-state index contributed by atoms with van der Waals surface area (Å²) in [5.74, 6) is 7.38. The number of anilines is 2. The molecule has 20 heavy (non-hydrogen) atoms. The molecule has 1 aromatic rings. The van der Waals surface area contributed by atoms with Gasteiger partial charge in [-0.25, -0.2) is 15.8 Å². The van der Waals surface area contributed by atoms with Gasteiger partial charge in [-0.05, 0) is 25.9 Å². The average molecular weight is 280 g/mol. The van der Waals surface area contributed by atoms with Crippen molar-refractivity contribution in [3.05, 3.63) is 11.9 Å². The first kappa shape index (κ1) is 16.7. The summed E-state index contributed by atoms with van der Waals surface area (Å²) in [6, 6.07) is 0.313. The van der Waals surface area contributed by atoms with E-state index in [2.05, 4.69) is 60.2 Å². The Hall–Kier alpha value is -1.40. The molecular weight excluding hydrogens is 252 g/mol. The molecule has 1 aromatic heterocycles. The van der Waals surface area contributed by atoms with Crippen molar-refractivity contribution in [2.45, 2.75) is 46.6 Å². The lowest BCUT2D eigenvalue weighted by Gasteiger charge is -2.25. The highest BCUT2D eigenvalue weighted by atomic mass is 15.3. The molecule has 0 saturated heterocycles. The van der Waals surface area contributed by atoms with E-state index in [1.807, 2.05) is 0 Å². The van der Waals surface area contributed by atoms with Crippen LogP contribution in [0.1, 0.15) is 46.1 Å². The summed E-state index contributed by atoms with van der Waals surface area (Å²) in [4.78, 5) is 10.9. The molecule has 0 aliphatic carbocycles. The normalized spacial score (nSPS) is 12.8. The van der Waals surface area contributed by atoms with Crippen LogP contribution in [0.2, 0.25) is 0 Å². The van der Waals surface area contributed by atoms with Gasteiger partial charge in [-0.15, -0.1) is 0 Å². The van der Waals surface area contributed by atoms with E-state index in [9.17, 15) is 0 Å². The number of aromatic nitrogens is 2. The number of nitrogens with zero attached hydrogens (tertiary/aromatic N) is 3. The van der Waals surface area contributed by atoms with Gasteiger partial charge in [0.2, 0.25) is 0 Å². The summed E-state index contributed by atoms with van der Waals surface area (Å²) < 4.78 is 0. The number of nitrogens with two attached hydrogens (primary N) is 1. The number of rotatable bonds is 8. The fraction of sp³-hybridized carbons (Fsp3) is 0.714. The number of nitrogen functional groups attached to an aromatic ring is 1. The molecule has 0 spiro atoms. The van der Waals surface area contributed by atoms with Gasteiger partial charge in [0.15, 0.2) is 0 Å². The minimum atomic E-state index is 0.297. The third-order valence-corrected chi connectivity index (χ3v) is 3.41. The SMILES string of the molecule is CCN(CC)CC(C)Nc1ncnc(NN)c1C(C)C. The van der Waals surface area contributed by atoms with Gasteiger partial charge in [-0.1, -0.05) is 27.7 Å². The van der Waals surface area contributed by atoms with Crippen molar-refractivity contribution in [3.8, 4) is 0 Å². The zero-order valence-corrected chi connectivity index (χ0v) is 13.3. The molecule has 0 bridgehead atoms. The Morgan fingerprint density at radius 2 is 1.75 bits per heavy atom. The summed E-state index contributed by atoms with van der Waals surface area (Å²) >= 11 is 0. The van der Waals surface area contributed by atoms with Gasteiger partial charge >= 0.3 is 0 Å². The highest BCUT2D eigenvalue weighted by Crippen LogP contribution is 2.28. The Balaban J connectivity index is 2.86. The summed E-state index contributed by atoms with van der Waals surface area (Å²) in [6.45, 7) is 13.8. The zero-order valence-electron chi connectivity index (χ0n) is 13.3. The zero-order chi connectivity index (χ0) is 15.1. The average Bonchev–Trinajstić information content (AvgIpc) is 2.43. The predicted molar refractivity (Wildman–Crippen MR) is 84.8 cm³/mol. The van der Waals surface area contributed by atoms with Crippen LogP contribution in [0.4, 0.5) is 11.6 Å². The molecule has 1 rings (SSSR count). The molecule has 1 atom stereocenters. The number of nitrogens with one attached hydrogen (secondary N) is 2. The van der Waals surface area contributed by atoms with Crippen LogP contribution in [-0.2, 0) is 0 Å². The minimum Gasteiger partial charge on any atom is -0.366 e. The second-order valence-corrected chi connectivity index (χ2v) is 5.31. The maximum atomic E-state index is 5.54. The number of hydrogen-bond acceptors (Lipinski definition) is 6. The molecule has 0 radical (unpaired) electrons. The van der Waals surface area contributed by atoms with Gasteiger partial charge in [0, 0.05) is 18.2 Å². The molecule has 0 aromatic carbocycles. The van der Waals surface area contributed by atoms with E-state index >= 15 is 0 Å². The summed E-state index contributed by atoms with van der Waals surface area (Å²) in [5.41, 5.74) is 3.68. The van der Waals surface area contributed by atoms with Gasteiger partial charge in [-0.2, -0.15) is 0 Å². The molecule has 0 fully saturated rings. The Morgan fingerprint density at radius 1 is 1.15 bits per heavy atom. The van der Waals surface area contributed by atoms with Crippen LogP contribution in [0.15, 0.2) is 6.33 Å². The lowest BCUT2D eigenvalue weighted by Crippen LogP contribution is -2.35.